The van der Waals surface area contributed by atoms with E-state index >= 15 is 0 Å². The van der Waals surface area contributed by atoms with Crippen molar-refractivity contribution in [1.29, 1.82) is 0 Å². The largest absolute Gasteiger partial charge is 0.336 e. The zero-order valence-corrected chi connectivity index (χ0v) is 14.7. The molecule has 3 rings (SSSR count). The van der Waals surface area contributed by atoms with E-state index in [4.69, 9.17) is 9.05 Å². The first kappa shape index (κ1) is 16.3. The molecule has 0 saturated carbocycles. The lowest BCUT2D eigenvalue weighted by Gasteiger charge is -2.17. The molecule has 3 aromatic rings. The number of nitrogens with zero attached hydrogens (tertiary/aromatic N) is 3. The van der Waals surface area contributed by atoms with Crippen LogP contribution in [0.15, 0.2) is 35.8 Å². The van der Waals surface area contributed by atoms with Crippen molar-refractivity contribution in [3.8, 4) is 10.6 Å². The fourth-order valence-electron chi connectivity index (χ4n) is 2.36. The minimum absolute atomic E-state index is 0.160. The van der Waals surface area contributed by atoms with Gasteiger partial charge in [-0.15, -0.1) is 11.3 Å². The molecule has 0 aliphatic heterocycles. The van der Waals surface area contributed by atoms with Crippen molar-refractivity contribution < 1.29 is 13.6 Å². The van der Waals surface area contributed by atoms with E-state index in [0.717, 1.165) is 16.3 Å². The molecule has 23 heavy (non-hydrogen) atoms. The van der Waals surface area contributed by atoms with Gasteiger partial charge in [0.05, 0.1) is 41.8 Å². The number of rotatable bonds is 7. The summed E-state index contributed by atoms with van der Waals surface area (Å²) in [5.74, 6) is 0. The van der Waals surface area contributed by atoms with Crippen LogP contribution in [0.5, 0.6) is 0 Å². The molecule has 0 aliphatic carbocycles. The van der Waals surface area contributed by atoms with Gasteiger partial charge in [0.25, 0.3) is 0 Å². The fourth-order valence-corrected chi connectivity index (χ4v) is 4.71. The Morgan fingerprint density at radius 2 is 2.04 bits per heavy atom. The quantitative estimate of drug-likeness (QED) is 0.596. The summed E-state index contributed by atoms with van der Waals surface area (Å²) in [4.78, 5) is 5.65. The van der Waals surface area contributed by atoms with Crippen LogP contribution < -0.4 is 0 Å². The molecular weight excluding hydrogens is 333 g/mol. The van der Waals surface area contributed by atoms with E-state index in [9.17, 15) is 4.57 Å². The highest BCUT2D eigenvalue weighted by Crippen LogP contribution is 2.51. The third-order valence-electron chi connectivity index (χ3n) is 3.21. The summed E-state index contributed by atoms with van der Waals surface area (Å²) in [6, 6.07) is 7.71. The Hall–Kier alpha value is -1.53. The highest BCUT2D eigenvalue weighted by molar-refractivity contribution is 7.53. The van der Waals surface area contributed by atoms with Crippen LogP contribution >= 0.6 is 18.9 Å². The van der Waals surface area contributed by atoms with Crippen molar-refractivity contribution in [2.45, 2.75) is 20.0 Å². The average Bonchev–Trinajstić information content (AvgIpc) is 3.19. The predicted octanol–water partition coefficient (Wildman–Crippen LogP) is 4.22. The summed E-state index contributed by atoms with van der Waals surface area (Å²) in [6.45, 7) is 4.28. The first-order valence-corrected chi connectivity index (χ1v) is 10.0. The van der Waals surface area contributed by atoms with E-state index in [-0.39, 0.29) is 6.16 Å². The van der Waals surface area contributed by atoms with Gasteiger partial charge in [-0.1, -0.05) is 6.07 Å². The monoisotopic (exact) mass is 351 g/mol. The SMILES string of the molecule is CCOP(=O)(Cc1cc(-c2cccs2)nc2ccnn12)OCC. The molecule has 0 amide bonds. The molecule has 8 heteroatoms. The molecule has 0 aromatic carbocycles. The van der Waals surface area contributed by atoms with Crippen molar-refractivity contribution in [3.05, 3.63) is 41.5 Å². The Labute approximate surface area is 138 Å². The summed E-state index contributed by atoms with van der Waals surface area (Å²) < 4.78 is 25.3. The second-order valence-corrected chi connectivity index (χ2v) is 7.82. The van der Waals surface area contributed by atoms with Gasteiger partial charge >= 0.3 is 7.60 Å². The molecular formula is C15H18N3O3PS. The van der Waals surface area contributed by atoms with Crippen LogP contribution in [0, 0.1) is 0 Å². The van der Waals surface area contributed by atoms with Crippen molar-refractivity contribution in [2.75, 3.05) is 13.2 Å². The first-order chi connectivity index (χ1) is 11.1. The molecule has 0 radical (unpaired) electrons. The Bertz CT molecular complexity index is 822. The zero-order valence-electron chi connectivity index (χ0n) is 13.0. The minimum Gasteiger partial charge on any atom is -0.309 e. The Morgan fingerprint density at radius 3 is 2.70 bits per heavy atom. The van der Waals surface area contributed by atoms with Crippen LogP contribution in [-0.2, 0) is 19.8 Å². The second kappa shape index (κ2) is 6.93. The van der Waals surface area contributed by atoms with Gasteiger partial charge in [0, 0.05) is 6.07 Å². The average molecular weight is 351 g/mol. The standard InChI is InChI=1S/C15H18N3O3PS/c1-3-20-22(19,21-4-2)11-12-10-13(14-6-5-9-23-14)17-15-7-8-16-18(12)15/h5-10H,3-4,11H2,1-2H3. The molecule has 0 unspecified atom stereocenters. The Morgan fingerprint density at radius 1 is 1.26 bits per heavy atom. The molecule has 0 aliphatic rings. The molecule has 0 spiro atoms. The van der Waals surface area contributed by atoms with Crippen LogP contribution in [0.1, 0.15) is 19.5 Å². The third-order valence-corrected chi connectivity index (χ3v) is 6.12. The molecule has 0 fully saturated rings. The highest BCUT2D eigenvalue weighted by atomic mass is 32.1. The molecule has 122 valence electrons. The van der Waals surface area contributed by atoms with Gasteiger partial charge in [-0.05, 0) is 31.4 Å². The van der Waals surface area contributed by atoms with Crippen molar-refractivity contribution in [2.24, 2.45) is 0 Å². The number of thiophene rings is 1. The van der Waals surface area contributed by atoms with Gasteiger partial charge in [0.1, 0.15) is 0 Å². The van der Waals surface area contributed by atoms with E-state index in [0.29, 0.717) is 18.9 Å². The maximum absolute atomic E-state index is 12.8. The number of aromatic nitrogens is 3. The fraction of sp³-hybridized carbons (Fsp3) is 0.333. The van der Waals surface area contributed by atoms with E-state index in [1.54, 1.807) is 35.9 Å². The molecule has 0 N–H and O–H groups in total. The third kappa shape index (κ3) is 3.53. The summed E-state index contributed by atoms with van der Waals surface area (Å²) in [5.41, 5.74) is 2.31. The van der Waals surface area contributed by atoms with Gasteiger partial charge in [-0.3, -0.25) is 4.57 Å². The molecule has 0 saturated heterocycles. The maximum atomic E-state index is 12.8. The maximum Gasteiger partial charge on any atom is 0.336 e. The van der Waals surface area contributed by atoms with Gasteiger partial charge in [0.2, 0.25) is 0 Å². The van der Waals surface area contributed by atoms with Crippen LogP contribution in [0.25, 0.3) is 16.2 Å². The smallest absolute Gasteiger partial charge is 0.309 e. The Kier molecular flexibility index (Phi) is 4.92. The highest BCUT2D eigenvalue weighted by Gasteiger charge is 2.26. The van der Waals surface area contributed by atoms with Gasteiger partial charge in [0.15, 0.2) is 5.65 Å². The summed E-state index contributed by atoms with van der Waals surface area (Å²) in [7, 11) is -3.20. The van der Waals surface area contributed by atoms with Crippen LogP contribution in [0.2, 0.25) is 0 Å². The lowest BCUT2D eigenvalue weighted by atomic mass is 10.3. The molecule has 6 nitrogen and oxygen atoms in total. The molecule has 3 aromatic heterocycles. The second-order valence-electron chi connectivity index (χ2n) is 4.82. The number of hydrogen-bond donors (Lipinski definition) is 0. The molecule has 0 bridgehead atoms. The van der Waals surface area contributed by atoms with Crippen LogP contribution in [0.4, 0.5) is 0 Å². The summed E-state index contributed by atoms with van der Waals surface area (Å²) in [5, 5.41) is 6.27. The molecule has 0 atom stereocenters. The van der Waals surface area contributed by atoms with Crippen LogP contribution in [-0.4, -0.2) is 27.8 Å². The minimum atomic E-state index is -3.20. The first-order valence-electron chi connectivity index (χ1n) is 7.41. The molecule has 3 heterocycles. The van der Waals surface area contributed by atoms with Crippen LogP contribution in [0.3, 0.4) is 0 Å². The lowest BCUT2D eigenvalue weighted by Crippen LogP contribution is -2.05. The summed E-state index contributed by atoms with van der Waals surface area (Å²) in [6.07, 6.45) is 1.84. The van der Waals surface area contributed by atoms with Gasteiger partial charge < -0.3 is 9.05 Å². The van der Waals surface area contributed by atoms with Crippen molar-refractivity contribution in [3.63, 3.8) is 0 Å². The number of fused-ring (bicyclic) bond motifs is 1. The number of hydrogen-bond acceptors (Lipinski definition) is 6. The van der Waals surface area contributed by atoms with Gasteiger partial charge in [-0.25, -0.2) is 9.50 Å². The Balaban J connectivity index is 2.05. The normalized spacial score (nSPS) is 12.1. The lowest BCUT2D eigenvalue weighted by molar-refractivity contribution is 0.218. The van der Waals surface area contributed by atoms with Crippen molar-refractivity contribution >= 4 is 24.6 Å². The van der Waals surface area contributed by atoms with E-state index in [1.165, 1.54) is 0 Å². The van der Waals surface area contributed by atoms with Gasteiger partial charge in [-0.2, -0.15) is 5.10 Å². The van der Waals surface area contributed by atoms with E-state index in [2.05, 4.69) is 10.1 Å². The van der Waals surface area contributed by atoms with Crippen molar-refractivity contribution in [1.82, 2.24) is 14.6 Å². The summed E-state index contributed by atoms with van der Waals surface area (Å²) >= 11 is 1.61. The topological polar surface area (TPSA) is 65.7 Å². The van der Waals surface area contributed by atoms with E-state index < -0.39 is 7.60 Å². The van der Waals surface area contributed by atoms with E-state index in [1.807, 2.05) is 29.6 Å². The predicted molar refractivity (Wildman–Crippen MR) is 90.9 cm³/mol. The zero-order chi connectivity index (χ0) is 16.3.